The highest BCUT2D eigenvalue weighted by atomic mass is 35.5. The summed E-state index contributed by atoms with van der Waals surface area (Å²) in [6, 6.07) is 20.8. The van der Waals surface area contributed by atoms with Crippen LogP contribution in [-0.2, 0) is 11.2 Å². The number of halogens is 3. The number of para-hydroxylation sites is 1. The average Bonchev–Trinajstić information content (AvgIpc) is 3.63. The molecule has 1 unspecified atom stereocenters. The minimum Gasteiger partial charge on any atom is -0.321 e. The number of H-pyrrole nitrogens is 1. The van der Waals surface area contributed by atoms with Crippen molar-refractivity contribution in [3.05, 3.63) is 121 Å². The van der Waals surface area contributed by atoms with Crippen molar-refractivity contribution in [3.63, 3.8) is 0 Å². The Hall–Kier alpha value is -4.21. The van der Waals surface area contributed by atoms with Gasteiger partial charge in [-0.05, 0) is 36.2 Å². The number of aromatic amines is 1. The van der Waals surface area contributed by atoms with E-state index in [-0.39, 0.29) is 22.7 Å². The van der Waals surface area contributed by atoms with Crippen LogP contribution in [-0.4, -0.2) is 32.5 Å². The molecular formula is C31H23ClF2N4O2S. The summed E-state index contributed by atoms with van der Waals surface area (Å²) in [7, 11) is 0. The van der Waals surface area contributed by atoms with Gasteiger partial charge in [0.15, 0.2) is 0 Å². The molecule has 0 radical (unpaired) electrons. The van der Waals surface area contributed by atoms with Crippen molar-refractivity contribution < 1.29 is 13.6 Å². The summed E-state index contributed by atoms with van der Waals surface area (Å²) in [5, 5.41) is 8.31. The van der Waals surface area contributed by atoms with Gasteiger partial charge in [-0.3, -0.25) is 9.59 Å². The van der Waals surface area contributed by atoms with Gasteiger partial charge in [0.25, 0.3) is 5.56 Å². The Labute approximate surface area is 242 Å². The van der Waals surface area contributed by atoms with Gasteiger partial charge in [-0.2, -0.15) is 13.9 Å². The standard InChI is InChI=1S/C31H23ClF2N4O2S/c1-18-6-8-19(9-7-18)25-16-24(37-38(25)30(40)31(33,34)17-26-35-14-15-41-26)28-27(20-10-12-21(32)13-11-20)22-4-2-3-5-23(22)36-29(28)39/h2-15,25H,16-17H2,1H3,(H,36,39). The number of hydrazone groups is 1. The first kappa shape index (κ1) is 27.0. The van der Waals surface area contributed by atoms with Gasteiger partial charge in [0.1, 0.15) is 0 Å². The van der Waals surface area contributed by atoms with E-state index < -0.39 is 29.9 Å². The zero-order valence-electron chi connectivity index (χ0n) is 21.8. The number of rotatable bonds is 6. The number of nitrogens with zero attached hydrogens (tertiary/aromatic N) is 3. The largest absolute Gasteiger partial charge is 0.332 e. The summed E-state index contributed by atoms with van der Waals surface area (Å²) in [4.78, 5) is 33.9. The minimum atomic E-state index is -3.76. The highest BCUT2D eigenvalue weighted by Crippen LogP contribution is 2.39. The van der Waals surface area contributed by atoms with E-state index in [0.717, 1.165) is 27.3 Å². The number of fused-ring (bicyclic) bond motifs is 1. The summed E-state index contributed by atoms with van der Waals surface area (Å²) in [6.45, 7) is 1.92. The Morgan fingerprint density at radius 2 is 1.80 bits per heavy atom. The normalized spacial score (nSPS) is 15.4. The molecule has 1 N–H and O–H groups in total. The lowest BCUT2D eigenvalue weighted by Crippen LogP contribution is -2.42. The molecule has 0 bridgehead atoms. The summed E-state index contributed by atoms with van der Waals surface area (Å²) in [6.07, 6.45) is 0.661. The molecule has 6 rings (SSSR count). The zero-order valence-corrected chi connectivity index (χ0v) is 23.3. The van der Waals surface area contributed by atoms with Crippen molar-refractivity contribution in [1.29, 1.82) is 0 Å². The molecule has 6 nitrogen and oxygen atoms in total. The number of hydrogen-bond donors (Lipinski definition) is 1. The minimum absolute atomic E-state index is 0.0736. The van der Waals surface area contributed by atoms with Crippen LogP contribution in [0.1, 0.15) is 34.2 Å². The number of aryl methyl sites for hydroxylation is 1. The van der Waals surface area contributed by atoms with Crippen LogP contribution in [0.5, 0.6) is 0 Å². The van der Waals surface area contributed by atoms with E-state index in [2.05, 4.69) is 15.1 Å². The van der Waals surface area contributed by atoms with Crippen molar-refractivity contribution in [2.24, 2.45) is 5.10 Å². The second-order valence-electron chi connectivity index (χ2n) is 9.89. The van der Waals surface area contributed by atoms with E-state index in [4.69, 9.17) is 11.6 Å². The molecule has 1 amide bonds. The Kier molecular flexibility index (Phi) is 7.01. The molecule has 41 heavy (non-hydrogen) atoms. The van der Waals surface area contributed by atoms with Gasteiger partial charge in [0, 0.05) is 39.5 Å². The Balaban J connectivity index is 1.52. The van der Waals surface area contributed by atoms with E-state index in [1.54, 1.807) is 47.8 Å². The monoisotopic (exact) mass is 588 g/mol. The number of alkyl halides is 2. The fraction of sp³-hybridized carbons (Fsp3) is 0.161. The molecule has 3 aromatic carbocycles. The number of carbonyl (C=O) groups excluding carboxylic acids is 1. The quantitative estimate of drug-likeness (QED) is 0.228. The molecular weight excluding hydrogens is 566 g/mol. The lowest BCUT2D eigenvalue weighted by molar-refractivity contribution is -0.159. The summed E-state index contributed by atoms with van der Waals surface area (Å²) < 4.78 is 30.8. The van der Waals surface area contributed by atoms with Crippen LogP contribution in [0.25, 0.3) is 22.0 Å². The number of aromatic nitrogens is 2. The van der Waals surface area contributed by atoms with Crippen molar-refractivity contribution in [3.8, 4) is 11.1 Å². The molecule has 1 atom stereocenters. The molecule has 0 fully saturated rings. The topological polar surface area (TPSA) is 78.4 Å². The number of carbonyl (C=O) groups is 1. The molecule has 3 heterocycles. The van der Waals surface area contributed by atoms with Crippen LogP contribution < -0.4 is 5.56 Å². The Bertz CT molecular complexity index is 1840. The zero-order chi connectivity index (χ0) is 28.7. The molecule has 206 valence electrons. The van der Waals surface area contributed by atoms with Crippen molar-refractivity contribution in [1.82, 2.24) is 15.0 Å². The smallest absolute Gasteiger partial charge is 0.321 e. The number of nitrogens with one attached hydrogen (secondary N) is 1. The Morgan fingerprint density at radius 3 is 2.51 bits per heavy atom. The molecule has 0 saturated carbocycles. The lowest BCUT2D eigenvalue weighted by atomic mass is 9.91. The first-order valence-corrected chi connectivity index (χ1v) is 14.1. The van der Waals surface area contributed by atoms with E-state index in [1.807, 2.05) is 37.3 Å². The van der Waals surface area contributed by atoms with Crippen LogP contribution in [0.3, 0.4) is 0 Å². The number of thiazole rings is 1. The third kappa shape index (κ3) is 5.18. The summed E-state index contributed by atoms with van der Waals surface area (Å²) >= 11 is 7.21. The maximum Gasteiger partial charge on any atom is 0.332 e. The SMILES string of the molecule is Cc1ccc(C2CC(c3c(-c4ccc(Cl)cc4)c4ccccc4[nH]c3=O)=NN2C(=O)C(F)(F)Cc2nccs2)cc1. The number of pyridine rings is 1. The van der Waals surface area contributed by atoms with Gasteiger partial charge in [-0.15, -0.1) is 11.3 Å². The third-order valence-electron chi connectivity index (χ3n) is 7.09. The molecule has 0 aliphatic carbocycles. The number of benzene rings is 3. The van der Waals surface area contributed by atoms with Gasteiger partial charge in [0.2, 0.25) is 0 Å². The number of hydrogen-bond acceptors (Lipinski definition) is 5. The van der Waals surface area contributed by atoms with Crippen LogP contribution in [0, 0.1) is 6.92 Å². The van der Waals surface area contributed by atoms with Gasteiger partial charge in [0.05, 0.1) is 28.7 Å². The van der Waals surface area contributed by atoms with Crippen LogP contribution in [0.15, 0.2) is 94.3 Å². The fourth-order valence-electron chi connectivity index (χ4n) is 5.11. The van der Waals surface area contributed by atoms with Gasteiger partial charge in [-0.25, -0.2) is 9.99 Å². The highest BCUT2D eigenvalue weighted by molar-refractivity contribution is 7.09. The number of amides is 1. The van der Waals surface area contributed by atoms with Crippen LogP contribution in [0.4, 0.5) is 8.78 Å². The molecule has 1 aliphatic rings. The maximum atomic E-state index is 15.4. The Morgan fingerprint density at radius 1 is 1.07 bits per heavy atom. The first-order valence-electron chi connectivity index (χ1n) is 12.9. The van der Waals surface area contributed by atoms with Gasteiger partial charge < -0.3 is 4.98 Å². The molecule has 2 aromatic heterocycles. The van der Waals surface area contributed by atoms with E-state index >= 15 is 8.78 Å². The summed E-state index contributed by atoms with van der Waals surface area (Å²) in [5.74, 6) is -5.20. The maximum absolute atomic E-state index is 15.4. The van der Waals surface area contributed by atoms with Crippen molar-refractivity contribution in [2.45, 2.75) is 31.7 Å². The second-order valence-corrected chi connectivity index (χ2v) is 11.3. The predicted octanol–water partition coefficient (Wildman–Crippen LogP) is 7.17. The van der Waals surface area contributed by atoms with Gasteiger partial charge in [-0.1, -0.05) is 71.8 Å². The van der Waals surface area contributed by atoms with Crippen molar-refractivity contribution in [2.75, 3.05) is 0 Å². The van der Waals surface area contributed by atoms with Gasteiger partial charge >= 0.3 is 11.8 Å². The molecule has 0 saturated heterocycles. The second kappa shape index (κ2) is 10.6. The molecule has 1 aliphatic heterocycles. The van der Waals surface area contributed by atoms with E-state index in [9.17, 15) is 9.59 Å². The highest BCUT2D eigenvalue weighted by Gasteiger charge is 2.48. The lowest BCUT2D eigenvalue weighted by Gasteiger charge is -2.26. The molecule has 10 heteroatoms. The molecule has 0 spiro atoms. The third-order valence-corrected chi connectivity index (χ3v) is 8.12. The predicted molar refractivity (Wildman–Crippen MR) is 158 cm³/mol. The van der Waals surface area contributed by atoms with Crippen LogP contribution >= 0.6 is 22.9 Å². The van der Waals surface area contributed by atoms with Crippen LogP contribution in [0.2, 0.25) is 5.02 Å². The fourth-order valence-corrected chi connectivity index (χ4v) is 5.90. The molecule has 5 aromatic rings. The average molecular weight is 589 g/mol. The first-order chi connectivity index (χ1) is 19.7. The van der Waals surface area contributed by atoms with E-state index in [1.165, 1.54) is 6.20 Å². The van der Waals surface area contributed by atoms with Crippen molar-refractivity contribution >= 4 is 45.5 Å². The summed E-state index contributed by atoms with van der Waals surface area (Å²) in [5.41, 5.74) is 3.56. The van der Waals surface area contributed by atoms with E-state index in [0.29, 0.717) is 27.2 Å².